The van der Waals surface area contributed by atoms with Gasteiger partial charge in [0.25, 0.3) is 5.91 Å². The Balaban J connectivity index is 1.80. The van der Waals surface area contributed by atoms with Crippen LogP contribution in [0.4, 0.5) is 23.7 Å². The molecule has 11 nitrogen and oxygen atoms in total. The lowest BCUT2D eigenvalue weighted by molar-refractivity contribution is -0.274. The maximum absolute atomic E-state index is 13.4. The number of carbonyl (C=O) groups excluding carboxylic acids is 4. The zero-order valence-electron chi connectivity index (χ0n) is 23.2. The number of carbonyl (C=O) groups is 5. The number of imide groups is 1. The highest BCUT2D eigenvalue weighted by Gasteiger charge is 2.42. The summed E-state index contributed by atoms with van der Waals surface area (Å²) in [4.78, 5) is 64.7. The van der Waals surface area contributed by atoms with E-state index >= 15 is 0 Å². The fourth-order valence-corrected chi connectivity index (χ4v) is 4.41. The Morgan fingerprint density at radius 3 is 2.05 bits per heavy atom. The molecular formula is C28H31F3N4O7. The van der Waals surface area contributed by atoms with Crippen LogP contribution in [0, 0.1) is 0 Å². The van der Waals surface area contributed by atoms with Crippen molar-refractivity contribution >= 4 is 35.4 Å². The van der Waals surface area contributed by atoms with E-state index in [1.807, 2.05) is 0 Å². The van der Waals surface area contributed by atoms with E-state index in [1.165, 1.54) is 29.2 Å². The minimum atomic E-state index is -4.88. The zero-order chi connectivity index (χ0) is 31.2. The summed E-state index contributed by atoms with van der Waals surface area (Å²) < 4.78 is 41.3. The van der Waals surface area contributed by atoms with Crippen LogP contribution in [0.5, 0.6) is 5.75 Å². The van der Waals surface area contributed by atoms with Crippen molar-refractivity contribution < 1.29 is 47.0 Å². The van der Waals surface area contributed by atoms with Gasteiger partial charge in [0.1, 0.15) is 5.75 Å². The third-order valence-corrected chi connectivity index (χ3v) is 6.22. The Morgan fingerprint density at radius 2 is 1.55 bits per heavy atom. The minimum absolute atomic E-state index is 0.0531. The molecule has 0 atom stereocenters. The van der Waals surface area contributed by atoms with Gasteiger partial charge in [-0.05, 0) is 62.7 Å². The third kappa shape index (κ3) is 8.94. The van der Waals surface area contributed by atoms with Gasteiger partial charge in [-0.1, -0.05) is 12.1 Å². The molecule has 1 heterocycles. The summed E-state index contributed by atoms with van der Waals surface area (Å²) in [6.45, 7) is 5.04. The highest BCUT2D eigenvalue weighted by molar-refractivity contribution is 6.00. The van der Waals surface area contributed by atoms with Gasteiger partial charge >= 0.3 is 18.4 Å². The standard InChI is InChI=1S/C28H31F3N4O7/c1-27(2,3)35-22(36)14-20(15-23(35)37)34(26(41)33-19-8-10-21(11-9-19)42-28(29,30)31)16-17-4-6-18(7-5-17)25(40)32-13-12-24(38)39/h4-11,20H,12-16H2,1-3H3,(H,32,40)(H,33,41)(H,38,39). The Bertz CT molecular complexity index is 1300. The van der Waals surface area contributed by atoms with Crippen LogP contribution in [0.25, 0.3) is 0 Å². The fourth-order valence-electron chi connectivity index (χ4n) is 4.41. The Kier molecular flexibility index (Phi) is 9.81. The molecule has 1 aliphatic rings. The maximum atomic E-state index is 13.4. The van der Waals surface area contributed by atoms with Gasteiger partial charge in [-0.2, -0.15) is 0 Å². The number of halogens is 3. The monoisotopic (exact) mass is 592 g/mol. The number of carboxylic acid groups (broad SMARTS) is 1. The molecule has 5 amide bonds. The molecule has 0 bridgehead atoms. The second-order valence-corrected chi connectivity index (χ2v) is 10.6. The van der Waals surface area contributed by atoms with Crippen molar-refractivity contribution in [2.45, 2.75) is 64.5 Å². The van der Waals surface area contributed by atoms with Crippen LogP contribution >= 0.6 is 0 Å². The molecule has 0 radical (unpaired) electrons. The number of alkyl halides is 3. The molecule has 2 aromatic carbocycles. The molecule has 14 heteroatoms. The van der Waals surface area contributed by atoms with Crippen LogP contribution in [-0.2, 0) is 20.9 Å². The number of hydrogen-bond donors (Lipinski definition) is 3. The lowest BCUT2D eigenvalue weighted by Crippen LogP contribution is -2.58. The average molecular weight is 593 g/mol. The van der Waals surface area contributed by atoms with E-state index in [0.29, 0.717) is 5.56 Å². The molecule has 3 rings (SSSR count). The van der Waals surface area contributed by atoms with E-state index in [9.17, 15) is 37.1 Å². The van der Waals surface area contributed by atoms with Crippen LogP contribution in [0.1, 0.15) is 56.0 Å². The molecule has 1 saturated heterocycles. The van der Waals surface area contributed by atoms with Crippen molar-refractivity contribution in [3.8, 4) is 5.75 Å². The van der Waals surface area contributed by atoms with Gasteiger partial charge in [0, 0.05) is 42.7 Å². The number of likely N-dealkylation sites (tertiary alicyclic amines) is 1. The Labute approximate surface area is 239 Å². The summed E-state index contributed by atoms with van der Waals surface area (Å²) in [5, 5.41) is 13.8. The van der Waals surface area contributed by atoms with Crippen molar-refractivity contribution in [2.75, 3.05) is 11.9 Å². The van der Waals surface area contributed by atoms with E-state index in [-0.39, 0.29) is 43.6 Å². The maximum Gasteiger partial charge on any atom is 0.573 e. The first-order valence-electron chi connectivity index (χ1n) is 12.9. The number of carboxylic acids is 1. The summed E-state index contributed by atoms with van der Waals surface area (Å²) in [5.74, 6) is -2.93. The summed E-state index contributed by atoms with van der Waals surface area (Å²) in [6.07, 6.45) is -5.40. The molecule has 1 aliphatic heterocycles. The van der Waals surface area contributed by atoms with Crippen molar-refractivity contribution in [3.05, 3.63) is 59.7 Å². The second kappa shape index (κ2) is 12.9. The van der Waals surface area contributed by atoms with E-state index in [0.717, 1.165) is 17.0 Å². The predicted molar refractivity (Wildman–Crippen MR) is 143 cm³/mol. The Morgan fingerprint density at radius 1 is 0.976 bits per heavy atom. The second-order valence-electron chi connectivity index (χ2n) is 10.6. The number of nitrogens with zero attached hydrogens (tertiary/aromatic N) is 2. The molecule has 42 heavy (non-hydrogen) atoms. The first kappa shape index (κ1) is 31.9. The number of ether oxygens (including phenoxy) is 1. The number of nitrogens with one attached hydrogen (secondary N) is 2. The van der Waals surface area contributed by atoms with Crippen molar-refractivity contribution in [2.24, 2.45) is 0 Å². The van der Waals surface area contributed by atoms with E-state index < -0.39 is 53.4 Å². The molecule has 0 aromatic heterocycles. The van der Waals surface area contributed by atoms with Gasteiger partial charge < -0.3 is 25.4 Å². The quantitative estimate of drug-likeness (QED) is 0.371. The number of aliphatic carboxylic acids is 1. The number of hydrogen-bond acceptors (Lipinski definition) is 6. The molecule has 2 aromatic rings. The smallest absolute Gasteiger partial charge is 0.481 e. The summed E-state index contributed by atoms with van der Waals surface area (Å²) >= 11 is 0. The van der Waals surface area contributed by atoms with Crippen LogP contribution in [0.3, 0.4) is 0 Å². The summed E-state index contributed by atoms with van der Waals surface area (Å²) in [6, 6.07) is 9.08. The molecular weight excluding hydrogens is 561 g/mol. The lowest BCUT2D eigenvalue weighted by Gasteiger charge is -2.42. The van der Waals surface area contributed by atoms with Crippen LogP contribution < -0.4 is 15.4 Å². The van der Waals surface area contributed by atoms with Crippen LogP contribution in [0.15, 0.2) is 48.5 Å². The lowest BCUT2D eigenvalue weighted by atomic mass is 9.95. The van der Waals surface area contributed by atoms with Gasteiger partial charge in [0.15, 0.2) is 0 Å². The number of amides is 5. The van der Waals surface area contributed by atoms with E-state index in [2.05, 4.69) is 15.4 Å². The summed E-state index contributed by atoms with van der Waals surface area (Å²) in [7, 11) is 0. The Hall–Kier alpha value is -4.62. The zero-order valence-corrected chi connectivity index (χ0v) is 23.2. The molecule has 1 fully saturated rings. The predicted octanol–water partition coefficient (Wildman–Crippen LogP) is 4.14. The van der Waals surface area contributed by atoms with Gasteiger partial charge in [0.05, 0.1) is 12.5 Å². The molecule has 0 aliphatic carbocycles. The SMILES string of the molecule is CC(C)(C)N1C(=O)CC(N(Cc2ccc(C(=O)NCCC(=O)O)cc2)C(=O)Nc2ccc(OC(F)(F)F)cc2)CC1=O. The molecule has 3 N–H and O–H groups in total. The number of urea groups is 1. The molecule has 0 unspecified atom stereocenters. The number of piperidine rings is 1. The highest BCUT2D eigenvalue weighted by Crippen LogP contribution is 2.28. The van der Waals surface area contributed by atoms with E-state index in [1.54, 1.807) is 32.9 Å². The summed E-state index contributed by atoms with van der Waals surface area (Å²) in [5.41, 5.74) is 0.204. The van der Waals surface area contributed by atoms with Crippen molar-refractivity contribution in [3.63, 3.8) is 0 Å². The first-order chi connectivity index (χ1) is 19.5. The molecule has 0 saturated carbocycles. The average Bonchev–Trinajstić information content (AvgIpc) is 2.86. The van der Waals surface area contributed by atoms with Crippen molar-refractivity contribution in [1.82, 2.24) is 15.1 Å². The normalized spacial score (nSPS) is 14.4. The fraction of sp³-hybridized carbons (Fsp3) is 0.393. The van der Waals surface area contributed by atoms with Crippen LogP contribution in [0.2, 0.25) is 0 Å². The van der Waals surface area contributed by atoms with Gasteiger partial charge in [-0.3, -0.25) is 24.1 Å². The third-order valence-electron chi connectivity index (χ3n) is 6.22. The topological polar surface area (TPSA) is 145 Å². The number of rotatable bonds is 9. The highest BCUT2D eigenvalue weighted by atomic mass is 19.4. The van der Waals surface area contributed by atoms with Gasteiger partial charge in [0.2, 0.25) is 11.8 Å². The first-order valence-corrected chi connectivity index (χ1v) is 12.9. The molecule has 0 spiro atoms. The van der Waals surface area contributed by atoms with E-state index in [4.69, 9.17) is 5.11 Å². The molecule has 226 valence electrons. The van der Waals surface area contributed by atoms with Gasteiger partial charge in [-0.15, -0.1) is 13.2 Å². The van der Waals surface area contributed by atoms with Crippen LogP contribution in [-0.4, -0.2) is 69.1 Å². The minimum Gasteiger partial charge on any atom is -0.481 e. The van der Waals surface area contributed by atoms with Gasteiger partial charge in [-0.25, -0.2) is 4.79 Å². The number of anilines is 1. The van der Waals surface area contributed by atoms with Crippen molar-refractivity contribution in [1.29, 1.82) is 0 Å². The largest absolute Gasteiger partial charge is 0.573 e. The number of benzene rings is 2.